The van der Waals surface area contributed by atoms with E-state index in [4.69, 9.17) is 9.47 Å². The van der Waals surface area contributed by atoms with Gasteiger partial charge in [0.05, 0.1) is 0 Å². The molecule has 0 saturated heterocycles. The average Bonchev–Trinajstić information content (AvgIpc) is 2.83. The lowest BCUT2D eigenvalue weighted by Gasteiger charge is -2.19. The third kappa shape index (κ3) is 2.18. The fraction of sp³-hybridized carbons (Fsp3) is 0.400. The highest BCUT2D eigenvalue weighted by molar-refractivity contribution is 5.94. The van der Waals surface area contributed by atoms with Gasteiger partial charge in [0, 0.05) is 17.6 Å². The molecule has 1 aromatic heterocycles. The standard InChI is InChI=1S/C15H18N2O2/c1-9(2)10(3)17-15-12-7-14-13(18-8-19-14)6-11(12)4-5-16-15/h4-7,9-10H,8H2,1-3H3,(H,16,17). The number of hydrogen-bond acceptors (Lipinski definition) is 4. The van der Waals surface area contributed by atoms with Crippen LogP contribution in [0.2, 0.25) is 0 Å². The maximum Gasteiger partial charge on any atom is 0.231 e. The quantitative estimate of drug-likeness (QED) is 0.916. The second-order valence-corrected chi connectivity index (χ2v) is 5.26. The summed E-state index contributed by atoms with van der Waals surface area (Å²) in [5.74, 6) is 3.05. The normalized spacial score (nSPS) is 14.9. The first-order valence-electron chi connectivity index (χ1n) is 6.60. The first-order chi connectivity index (χ1) is 9.15. The van der Waals surface area contributed by atoms with Crippen LogP contribution in [-0.4, -0.2) is 17.8 Å². The van der Waals surface area contributed by atoms with Gasteiger partial charge in [-0.1, -0.05) is 13.8 Å². The Morgan fingerprint density at radius 2 is 1.89 bits per heavy atom. The molecule has 4 nitrogen and oxygen atoms in total. The first-order valence-corrected chi connectivity index (χ1v) is 6.60. The second kappa shape index (κ2) is 4.61. The number of ether oxygens (including phenoxy) is 2. The van der Waals surface area contributed by atoms with Gasteiger partial charge in [-0.05, 0) is 36.4 Å². The van der Waals surface area contributed by atoms with Crippen molar-refractivity contribution >= 4 is 16.6 Å². The number of aromatic nitrogens is 1. The molecule has 1 atom stereocenters. The summed E-state index contributed by atoms with van der Waals surface area (Å²) >= 11 is 0. The summed E-state index contributed by atoms with van der Waals surface area (Å²) in [7, 11) is 0. The van der Waals surface area contributed by atoms with Crippen LogP contribution in [0.25, 0.3) is 10.8 Å². The minimum atomic E-state index is 0.296. The highest BCUT2D eigenvalue weighted by atomic mass is 16.7. The Morgan fingerprint density at radius 3 is 2.63 bits per heavy atom. The van der Waals surface area contributed by atoms with Gasteiger partial charge in [0.15, 0.2) is 11.5 Å². The molecule has 0 aliphatic carbocycles. The highest BCUT2D eigenvalue weighted by Gasteiger charge is 2.17. The predicted molar refractivity (Wildman–Crippen MR) is 75.8 cm³/mol. The number of benzene rings is 1. The molecule has 0 spiro atoms. The van der Waals surface area contributed by atoms with Crippen molar-refractivity contribution in [3.05, 3.63) is 24.4 Å². The number of anilines is 1. The molecule has 4 heteroatoms. The fourth-order valence-corrected chi connectivity index (χ4v) is 2.06. The number of nitrogens with one attached hydrogen (secondary N) is 1. The zero-order valence-corrected chi connectivity index (χ0v) is 11.4. The Hall–Kier alpha value is -1.97. The molecule has 0 bridgehead atoms. The van der Waals surface area contributed by atoms with Crippen LogP contribution in [0.4, 0.5) is 5.82 Å². The Bertz CT molecular complexity index is 610. The fourth-order valence-electron chi connectivity index (χ4n) is 2.06. The molecule has 2 heterocycles. The molecule has 2 aromatic rings. The highest BCUT2D eigenvalue weighted by Crippen LogP contribution is 2.37. The van der Waals surface area contributed by atoms with Gasteiger partial charge in [-0.2, -0.15) is 0 Å². The summed E-state index contributed by atoms with van der Waals surface area (Å²) < 4.78 is 10.8. The van der Waals surface area contributed by atoms with Crippen LogP contribution >= 0.6 is 0 Å². The van der Waals surface area contributed by atoms with Crippen molar-refractivity contribution in [2.45, 2.75) is 26.8 Å². The molecule has 0 fully saturated rings. The first kappa shape index (κ1) is 12.1. The van der Waals surface area contributed by atoms with Gasteiger partial charge in [0.25, 0.3) is 0 Å². The number of nitrogens with zero attached hydrogens (tertiary/aromatic N) is 1. The molecule has 100 valence electrons. The van der Waals surface area contributed by atoms with E-state index in [1.54, 1.807) is 0 Å². The van der Waals surface area contributed by atoms with Gasteiger partial charge in [-0.3, -0.25) is 0 Å². The van der Waals surface area contributed by atoms with Crippen LogP contribution < -0.4 is 14.8 Å². The molecule has 19 heavy (non-hydrogen) atoms. The second-order valence-electron chi connectivity index (χ2n) is 5.26. The molecule has 0 saturated carbocycles. The molecular weight excluding hydrogens is 240 g/mol. The lowest BCUT2D eigenvalue weighted by Crippen LogP contribution is -2.22. The zero-order valence-electron chi connectivity index (χ0n) is 11.4. The van der Waals surface area contributed by atoms with Gasteiger partial charge >= 0.3 is 0 Å². The van der Waals surface area contributed by atoms with E-state index in [9.17, 15) is 0 Å². The maximum absolute atomic E-state index is 5.44. The van der Waals surface area contributed by atoms with Gasteiger partial charge < -0.3 is 14.8 Å². The molecule has 0 radical (unpaired) electrons. The van der Waals surface area contributed by atoms with E-state index in [2.05, 4.69) is 31.1 Å². The van der Waals surface area contributed by atoms with Crippen molar-refractivity contribution in [1.82, 2.24) is 4.98 Å². The van der Waals surface area contributed by atoms with Gasteiger partial charge in [0.1, 0.15) is 5.82 Å². The van der Waals surface area contributed by atoms with Gasteiger partial charge in [0.2, 0.25) is 6.79 Å². The van der Waals surface area contributed by atoms with Crippen molar-refractivity contribution in [3.63, 3.8) is 0 Å². The number of fused-ring (bicyclic) bond motifs is 2. The van der Waals surface area contributed by atoms with Crippen LogP contribution in [0.3, 0.4) is 0 Å². The lowest BCUT2D eigenvalue weighted by atomic mass is 10.1. The van der Waals surface area contributed by atoms with Crippen molar-refractivity contribution in [2.24, 2.45) is 5.92 Å². The largest absolute Gasteiger partial charge is 0.454 e. The summed E-state index contributed by atoms with van der Waals surface area (Å²) in [5, 5.41) is 5.65. The molecule has 1 aliphatic heterocycles. The van der Waals surface area contributed by atoms with E-state index >= 15 is 0 Å². The van der Waals surface area contributed by atoms with Crippen molar-refractivity contribution in [3.8, 4) is 11.5 Å². The monoisotopic (exact) mass is 258 g/mol. The number of rotatable bonds is 3. The van der Waals surface area contributed by atoms with Gasteiger partial charge in [-0.15, -0.1) is 0 Å². The average molecular weight is 258 g/mol. The maximum atomic E-state index is 5.44. The van der Waals surface area contributed by atoms with Crippen molar-refractivity contribution in [1.29, 1.82) is 0 Å². The zero-order chi connectivity index (χ0) is 13.4. The van der Waals surface area contributed by atoms with Gasteiger partial charge in [-0.25, -0.2) is 4.98 Å². The SMILES string of the molecule is CC(C)C(C)Nc1nccc2cc3c(cc12)OCO3. The van der Waals surface area contributed by atoms with Crippen LogP contribution in [0.15, 0.2) is 24.4 Å². The third-order valence-corrected chi connectivity index (χ3v) is 3.62. The summed E-state index contributed by atoms with van der Waals surface area (Å²) in [4.78, 5) is 4.45. The Kier molecular flexibility index (Phi) is 2.93. The van der Waals surface area contributed by atoms with E-state index in [1.807, 2.05) is 24.4 Å². The van der Waals surface area contributed by atoms with E-state index in [0.29, 0.717) is 18.8 Å². The van der Waals surface area contributed by atoms with Crippen LogP contribution in [-0.2, 0) is 0 Å². The van der Waals surface area contributed by atoms with E-state index < -0.39 is 0 Å². The Labute approximate surface area is 112 Å². The van der Waals surface area contributed by atoms with Crippen LogP contribution in [0.1, 0.15) is 20.8 Å². The third-order valence-electron chi connectivity index (χ3n) is 3.62. The molecular formula is C15H18N2O2. The summed E-state index contributed by atoms with van der Waals surface area (Å²) in [5.41, 5.74) is 0. The lowest BCUT2D eigenvalue weighted by molar-refractivity contribution is 0.174. The smallest absolute Gasteiger partial charge is 0.231 e. The Morgan fingerprint density at radius 1 is 1.16 bits per heavy atom. The Balaban J connectivity index is 2.05. The summed E-state index contributed by atoms with van der Waals surface area (Å²) in [6.07, 6.45) is 1.82. The molecule has 0 amide bonds. The van der Waals surface area contributed by atoms with Crippen LogP contribution in [0.5, 0.6) is 11.5 Å². The topological polar surface area (TPSA) is 43.4 Å². The minimum Gasteiger partial charge on any atom is -0.454 e. The molecule has 1 N–H and O–H groups in total. The predicted octanol–water partition coefficient (Wildman–Crippen LogP) is 3.42. The number of pyridine rings is 1. The van der Waals surface area contributed by atoms with Crippen molar-refractivity contribution < 1.29 is 9.47 Å². The van der Waals surface area contributed by atoms with E-state index in [1.165, 1.54) is 0 Å². The van der Waals surface area contributed by atoms with Crippen molar-refractivity contribution in [2.75, 3.05) is 12.1 Å². The summed E-state index contributed by atoms with van der Waals surface area (Å²) in [6.45, 7) is 6.84. The molecule has 1 aromatic carbocycles. The van der Waals surface area contributed by atoms with E-state index in [0.717, 1.165) is 28.1 Å². The van der Waals surface area contributed by atoms with Crippen LogP contribution in [0, 0.1) is 5.92 Å². The molecule has 1 unspecified atom stereocenters. The minimum absolute atomic E-state index is 0.296. The molecule has 1 aliphatic rings. The molecule has 3 rings (SSSR count). The summed E-state index contributed by atoms with van der Waals surface area (Å²) in [6, 6.07) is 6.36. The number of hydrogen-bond donors (Lipinski definition) is 1. The van der Waals surface area contributed by atoms with E-state index in [-0.39, 0.29) is 0 Å².